The van der Waals surface area contributed by atoms with Gasteiger partial charge >= 0.3 is 6.09 Å². The van der Waals surface area contributed by atoms with Gasteiger partial charge in [-0.3, -0.25) is 5.32 Å². The van der Waals surface area contributed by atoms with Gasteiger partial charge in [-0.1, -0.05) is 42.5 Å². The SMILES string of the molecule is CNCCN1CCC(OC(=O)NC2=CCCC=C2c2ccccc2)CC1. The fourth-order valence-electron chi connectivity index (χ4n) is 3.50. The molecule has 140 valence electrons. The van der Waals surface area contributed by atoms with Crippen LogP contribution in [0.15, 0.2) is 48.2 Å². The number of rotatable bonds is 6. The van der Waals surface area contributed by atoms with Gasteiger partial charge in [0.2, 0.25) is 0 Å². The van der Waals surface area contributed by atoms with E-state index in [-0.39, 0.29) is 12.2 Å². The van der Waals surface area contributed by atoms with E-state index in [9.17, 15) is 4.79 Å². The molecule has 0 radical (unpaired) electrons. The number of allylic oxidation sites excluding steroid dienone is 3. The minimum atomic E-state index is -0.339. The Labute approximate surface area is 156 Å². The highest BCUT2D eigenvalue weighted by Gasteiger charge is 2.23. The van der Waals surface area contributed by atoms with E-state index in [1.54, 1.807) is 0 Å². The Morgan fingerprint density at radius 1 is 1.15 bits per heavy atom. The molecule has 1 fully saturated rings. The van der Waals surface area contributed by atoms with Crippen molar-refractivity contribution in [3.63, 3.8) is 0 Å². The molecule has 1 heterocycles. The summed E-state index contributed by atoms with van der Waals surface area (Å²) in [5, 5.41) is 6.14. The van der Waals surface area contributed by atoms with E-state index in [0.29, 0.717) is 0 Å². The first-order valence-corrected chi connectivity index (χ1v) is 9.57. The number of amides is 1. The number of piperidine rings is 1. The molecule has 0 unspecified atom stereocenters. The summed E-state index contributed by atoms with van der Waals surface area (Å²) in [6, 6.07) is 10.2. The van der Waals surface area contributed by atoms with Crippen LogP contribution >= 0.6 is 0 Å². The highest BCUT2D eigenvalue weighted by atomic mass is 16.6. The number of ether oxygens (including phenoxy) is 1. The molecule has 0 spiro atoms. The average Bonchev–Trinajstić information content (AvgIpc) is 2.68. The third-order valence-corrected chi connectivity index (χ3v) is 4.96. The summed E-state index contributed by atoms with van der Waals surface area (Å²) >= 11 is 0. The lowest BCUT2D eigenvalue weighted by Gasteiger charge is -2.31. The molecule has 2 N–H and O–H groups in total. The quantitative estimate of drug-likeness (QED) is 0.823. The van der Waals surface area contributed by atoms with Crippen LogP contribution in [0.2, 0.25) is 0 Å². The summed E-state index contributed by atoms with van der Waals surface area (Å²) < 4.78 is 5.67. The molecule has 1 aromatic carbocycles. The highest BCUT2D eigenvalue weighted by molar-refractivity contribution is 5.84. The van der Waals surface area contributed by atoms with Crippen LogP contribution in [0.5, 0.6) is 0 Å². The van der Waals surface area contributed by atoms with Gasteiger partial charge in [-0.2, -0.15) is 0 Å². The molecule has 0 aromatic heterocycles. The average molecular weight is 355 g/mol. The van der Waals surface area contributed by atoms with E-state index < -0.39 is 0 Å². The van der Waals surface area contributed by atoms with Gasteiger partial charge in [0.25, 0.3) is 0 Å². The molecule has 0 atom stereocenters. The van der Waals surface area contributed by atoms with Crippen molar-refractivity contribution in [3.8, 4) is 0 Å². The zero-order valence-corrected chi connectivity index (χ0v) is 15.5. The second-order valence-corrected chi connectivity index (χ2v) is 6.85. The molecule has 1 amide bonds. The molecule has 1 aromatic rings. The van der Waals surface area contributed by atoms with E-state index in [1.807, 2.05) is 25.2 Å². The lowest BCUT2D eigenvalue weighted by Crippen LogP contribution is -2.41. The third-order valence-electron chi connectivity index (χ3n) is 4.96. The highest BCUT2D eigenvalue weighted by Crippen LogP contribution is 2.26. The van der Waals surface area contributed by atoms with E-state index >= 15 is 0 Å². The predicted octanol–water partition coefficient (Wildman–Crippen LogP) is 3.16. The van der Waals surface area contributed by atoms with Crippen molar-refractivity contribution in [2.45, 2.75) is 31.8 Å². The van der Waals surface area contributed by atoms with E-state index in [1.165, 1.54) is 0 Å². The Balaban J connectivity index is 1.50. The van der Waals surface area contributed by atoms with Crippen molar-refractivity contribution in [2.75, 3.05) is 33.2 Å². The summed E-state index contributed by atoms with van der Waals surface area (Å²) in [7, 11) is 1.97. The van der Waals surface area contributed by atoms with Crippen LogP contribution in [0.25, 0.3) is 5.57 Å². The van der Waals surface area contributed by atoms with Crippen molar-refractivity contribution >= 4 is 11.7 Å². The monoisotopic (exact) mass is 355 g/mol. The number of hydrogen-bond acceptors (Lipinski definition) is 4. The number of likely N-dealkylation sites (N-methyl/N-ethyl adjacent to an activating group) is 1. The molecular weight excluding hydrogens is 326 g/mol. The van der Waals surface area contributed by atoms with E-state index in [2.05, 4.69) is 39.8 Å². The van der Waals surface area contributed by atoms with E-state index in [0.717, 1.165) is 68.7 Å². The van der Waals surface area contributed by atoms with Crippen LogP contribution in [0.4, 0.5) is 4.79 Å². The summed E-state index contributed by atoms with van der Waals surface area (Å²) in [6.45, 7) is 4.01. The van der Waals surface area contributed by atoms with Gasteiger partial charge in [-0.05, 0) is 38.3 Å². The molecule has 5 nitrogen and oxygen atoms in total. The molecule has 1 aliphatic carbocycles. The molecule has 5 heteroatoms. The number of carbonyl (C=O) groups excluding carboxylic acids is 1. The Morgan fingerprint density at radius 3 is 2.62 bits per heavy atom. The minimum Gasteiger partial charge on any atom is -0.446 e. The minimum absolute atomic E-state index is 0.00850. The molecule has 0 saturated carbocycles. The Hall–Kier alpha value is -2.11. The summed E-state index contributed by atoms with van der Waals surface area (Å²) in [5.74, 6) is 0. The number of nitrogens with one attached hydrogen (secondary N) is 2. The van der Waals surface area contributed by atoms with Gasteiger partial charge in [0.1, 0.15) is 6.10 Å². The molecule has 2 aliphatic rings. The van der Waals surface area contributed by atoms with Gasteiger partial charge in [-0.25, -0.2) is 4.79 Å². The molecule has 1 saturated heterocycles. The zero-order valence-electron chi connectivity index (χ0n) is 15.5. The van der Waals surface area contributed by atoms with Crippen molar-refractivity contribution in [3.05, 3.63) is 53.7 Å². The lowest BCUT2D eigenvalue weighted by molar-refractivity contribution is 0.0528. The Bertz CT molecular complexity index is 646. The van der Waals surface area contributed by atoms with Crippen molar-refractivity contribution in [1.29, 1.82) is 0 Å². The normalized spacial score (nSPS) is 18.8. The first-order valence-electron chi connectivity index (χ1n) is 9.57. The maximum absolute atomic E-state index is 12.4. The Morgan fingerprint density at radius 2 is 1.88 bits per heavy atom. The fourth-order valence-corrected chi connectivity index (χ4v) is 3.50. The Kier molecular flexibility index (Phi) is 6.86. The number of carbonyl (C=O) groups is 1. The topological polar surface area (TPSA) is 53.6 Å². The number of nitrogens with zero attached hydrogens (tertiary/aromatic N) is 1. The number of benzene rings is 1. The number of hydrogen-bond donors (Lipinski definition) is 2. The molecule has 26 heavy (non-hydrogen) atoms. The second kappa shape index (κ2) is 9.55. The molecule has 1 aliphatic heterocycles. The molecule has 3 rings (SSSR count). The maximum Gasteiger partial charge on any atom is 0.411 e. The zero-order chi connectivity index (χ0) is 18.2. The van der Waals surface area contributed by atoms with Gasteiger partial charge in [-0.15, -0.1) is 0 Å². The van der Waals surface area contributed by atoms with Gasteiger partial charge < -0.3 is 15.0 Å². The molecular formula is C21H29N3O2. The van der Waals surface area contributed by atoms with Crippen LogP contribution in [0, 0.1) is 0 Å². The summed E-state index contributed by atoms with van der Waals surface area (Å²) in [5.41, 5.74) is 3.06. The van der Waals surface area contributed by atoms with Crippen LogP contribution in [0.1, 0.15) is 31.2 Å². The van der Waals surface area contributed by atoms with Crippen LogP contribution < -0.4 is 10.6 Å². The third kappa shape index (κ3) is 5.19. The summed E-state index contributed by atoms with van der Waals surface area (Å²) in [4.78, 5) is 14.8. The maximum atomic E-state index is 12.4. The first kappa shape index (κ1) is 18.7. The second-order valence-electron chi connectivity index (χ2n) is 6.85. The summed E-state index contributed by atoms with van der Waals surface area (Å²) in [6.07, 6.45) is 7.68. The van der Waals surface area contributed by atoms with Crippen LogP contribution in [-0.2, 0) is 4.74 Å². The standard InChI is InChI=1S/C21H29N3O2/c1-22-13-16-24-14-11-18(12-15-24)26-21(25)23-20-10-6-5-9-19(20)17-7-3-2-4-8-17/h2-4,7-10,18,22H,5-6,11-16H2,1H3,(H,23,25). The van der Waals surface area contributed by atoms with Gasteiger partial charge in [0, 0.05) is 37.4 Å². The van der Waals surface area contributed by atoms with Crippen molar-refractivity contribution in [2.24, 2.45) is 0 Å². The fraction of sp³-hybridized carbons (Fsp3) is 0.476. The van der Waals surface area contributed by atoms with Gasteiger partial charge in [0.15, 0.2) is 0 Å². The number of likely N-dealkylation sites (tertiary alicyclic amines) is 1. The predicted molar refractivity (Wildman–Crippen MR) is 105 cm³/mol. The smallest absolute Gasteiger partial charge is 0.411 e. The lowest BCUT2D eigenvalue weighted by atomic mass is 9.96. The van der Waals surface area contributed by atoms with E-state index in [4.69, 9.17) is 4.74 Å². The van der Waals surface area contributed by atoms with Gasteiger partial charge in [0.05, 0.1) is 0 Å². The van der Waals surface area contributed by atoms with Crippen molar-refractivity contribution < 1.29 is 9.53 Å². The van der Waals surface area contributed by atoms with Crippen LogP contribution in [0.3, 0.4) is 0 Å². The largest absolute Gasteiger partial charge is 0.446 e. The van der Waals surface area contributed by atoms with Crippen molar-refractivity contribution in [1.82, 2.24) is 15.5 Å². The number of alkyl carbamates (subject to hydrolysis) is 1. The first-order chi connectivity index (χ1) is 12.8. The molecule has 0 bridgehead atoms. The van der Waals surface area contributed by atoms with Crippen LogP contribution in [-0.4, -0.2) is 50.3 Å².